The number of ether oxygens (including phenoxy) is 2. The molecule has 0 bridgehead atoms. The lowest BCUT2D eigenvalue weighted by Gasteiger charge is -2.36. The van der Waals surface area contributed by atoms with Gasteiger partial charge in [-0.25, -0.2) is 4.79 Å². The maximum absolute atomic E-state index is 11.9. The third-order valence-corrected chi connectivity index (χ3v) is 7.60. The van der Waals surface area contributed by atoms with Crippen molar-refractivity contribution in [1.29, 1.82) is 0 Å². The van der Waals surface area contributed by atoms with E-state index in [1.165, 1.54) is 0 Å². The summed E-state index contributed by atoms with van der Waals surface area (Å²) >= 11 is 3.60. The third kappa shape index (κ3) is 4.27. The molecule has 0 amide bonds. The molecular formula is C21H20O4S2. The van der Waals surface area contributed by atoms with Gasteiger partial charge >= 0.3 is 5.97 Å². The molecule has 0 radical (unpaired) electrons. The average Bonchev–Trinajstić information content (AvgIpc) is 2.73. The largest absolute Gasteiger partial charge is 0.493 e. The van der Waals surface area contributed by atoms with Crippen molar-refractivity contribution in [3.05, 3.63) is 65.2 Å². The lowest BCUT2D eigenvalue weighted by molar-refractivity contribution is 0.0689. The van der Waals surface area contributed by atoms with Gasteiger partial charge in [-0.05, 0) is 42.2 Å². The van der Waals surface area contributed by atoms with E-state index in [-0.39, 0.29) is 4.08 Å². The van der Waals surface area contributed by atoms with Crippen molar-refractivity contribution >= 4 is 29.5 Å². The fraction of sp³-hybridized carbons (Fsp3) is 0.286. The standard InChI is InChI=1S/C21H20O4S2/c1-26-21(27-2)11-13-24-19-14-16(8-9-17(19)21)18(22)10-12-25-20(23)15-6-4-3-5-7-15/h3-9,14,18,22H,11,13H2,1-2H3. The van der Waals surface area contributed by atoms with Crippen LogP contribution >= 0.6 is 23.5 Å². The van der Waals surface area contributed by atoms with Gasteiger partial charge in [0.1, 0.15) is 18.0 Å². The zero-order valence-electron chi connectivity index (χ0n) is 15.1. The molecule has 2 aromatic rings. The van der Waals surface area contributed by atoms with Crippen LogP contribution in [0.25, 0.3) is 0 Å². The third-order valence-electron chi connectivity index (χ3n) is 4.43. The molecule has 1 aliphatic rings. The van der Waals surface area contributed by atoms with E-state index in [4.69, 9.17) is 9.47 Å². The Bertz CT molecular complexity index is 867. The van der Waals surface area contributed by atoms with E-state index in [2.05, 4.69) is 24.5 Å². The minimum absolute atomic E-state index is 0.0338. The topological polar surface area (TPSA) is 55.8 Å². The van der Waals surface area contributed by atoms with Crippen LogP contribution in [-0.4, -0.2) is 30.2 Å². The van der Waals surface area contributed by atoms with Gasteiger partial charge in [0.25, 0.3) is 0 Å². The van der Waals surface area contributed by atoms with Crippen LogP contribution < -0.4 is 4.74 Å². The van der Waals surface area contributed by atoms with E-state index in [0.29, 0.717) is 17.7 Å². The first kappa shape index (κ1) is 19.7. The summed E-state index contributed by atoms with van der Waals surface area (Å²) in [5.41, 5.74) is 2.14. The number of rotatable bonds is 4. The van der Waals surface area contributed by atoms with Crippen LogP contribution in [0.3, 0.4) is 0 Å². The smallest absolute Gasteiger partial charge is 0.352 e. The Kier molecular flexibility index (Phi) is 6.38. The summed E-state index contributed by atoms with van der Waals surface area (Å²) in [6.45, 7) is 0.634. The van der Waals surface area contributed by atoms with Crippen molar-refractivity contribution in [2.75, 3.05) is 19.1 Å². The average molecular weight is 401 g/mol. The highest BCUT2D eigenvalue weighted by atomic mass is 32.2. The molecule has 0 saturated heterocycles. The first-order valence-electron chi connectivity index (χ1n) is 8.42. The van der Waals surface area contributed by atoms with Crippen molar-refractivity contribution in [2.45, 2.75) is 16.6 Å². The van der Waals surface area contributed by atoms with Gasteiger partial charge in [-0.3, -0.25) is 0 Å². The van der Waals surface area contributed by atoms with Crippen LogP contribution in [0.5, 0.6) is 5.75 Å². The molecule has 1 N–H and O–H groups in total. The Morgan fingerprint density at radius 3 is 2.67 bits per heavy atom. The number of fused-ring (bicyclic) bond motifs is 1. The van der Waals surface area contributed by atoms with Gasteiger partial charge in [0.15, 0.2) is 0 Å². The molecule has 6 heteroatoms. The minimum Gasteiger partial charge on any atom is -0.493 e. The first-order chi connectivity index (χ1) is 13.1. The maximum atomic E-state index is 11.9. The van der Waals surface area contributed by atoms with Crippen molar-refractivity contribution < 1.29 is 19.4 Å². The van der Waals surface area contributed by atoms with E-state index in [9.17, 15) is 9.90 Å². The zero-order chi connectivity index (χ0) is 19.3. The van der Waals surface area contributed by atoms with Gasteiger partial charge in [0.2, 0.25) is 0 Å². The van der Waals surface area contributed by atoms with E-state index >= 15 is 0 Å². The van der Waals surface area contributed by atoms with Gasteiger partial charge in [-0.1, -0.05) is 30.3 Å². The summed E-state index contributed by atoms with van der Waals surface area (Å²) in [6, 6.07) is 14.2. The van der Waals surface area contributed by atoms with E-state index in [1.54, 1.807) is 47.8 Å². The number of aliphatic hydroxyl groups excluding tert-OH is 1. The molecule has 1 atom stereocenters. The van der Waals surface area contributed by atoms with Crippen LogP contribution in [0.2, 0.25) is 0 Å². The summed E-state index contributed by atoms with van der Waals surface area (Å²) in [5.74, 6) is 2.77. The lowest BCUT2D eigenvalue weighted by atomic mass is 10.0. The van der Waals surface area contributed by atoms with Gasteiger partial charge in [0, 0.05) is 12.0 Å². The molecule has 0 fully saturated rings. The molecule has 1 unspecified atom stereocenters. The molecule has 1 heterocycles. The van der Waals surface area contributed by atoms with Crippen molar-refractivity contribution in [3.8, 4) is 17.8 Å². The summed E-state index contributed by atoms with van der Waals surface area (Å²) in [4.78, 5) is 11.9. The van der Waals surface area contributed by atoms with Crippen LogP contribution in [0.4, 0.5) is 0 Å². The normalized spacial score (nSPS) is 15.5. The molecule has 27 heavy (non-hydrogen) atoms. The molecule has 1 aliphatic heterocycles. The molecule has 0 aliphatic carbocycles. The van der Waals surface area contributed by atoms with Crippen LogP contribution in [0.1, 0.15) is 34.0 Å². The van der Waals surface area contributed by atoms with E-state index in [1.807, 2.05) is 24.3 Å². The summed E-state index contributed by atoms with van der Waals surface area (Å²) in [6.07, 6.45) is 6.36. The van der Waals surface area contributed by atoms with Crippen molar-refractivity contribution in [1.82, 2.24) is 0 Å². The molecule has 4 nitrogen and oxygen atoms in total. The number of benzene rings is 2. The summed E-state index contributed by atoms with van der Waals surface area (Å²) in [7, 11) is 0. The molecule has 0 spiro atoms. The number of carbonyl (C=O) groups excluding carboxylic acids is 1. The Hall–Kier alpha value is -2.07. The second kappa shape index (κ2) is 8.75. The van der Waals surface area contributed by atoms with Gasteiger partial charge in [0.05, 0.1) is 16.2 Å². The Labute approximate surface area is 167 Å². The predicted octanol–water partition coefficient (Wildman–Crippen LogP) is 4.20. The molecule has 2 aromatic carbocycles. The Morgan fingerprint density at radius 2 is 1.96 bits per heavy atom. The van der Waals surface area contributed by atoms with Crippen LogP contribution in [0.15, 0.2) is 48.5 Å². The first-order valence-corrected chi connectivity index (χ1v) is 10.9. The summed E-state index contributed by atoms with van der Waals surface area (Å²) < 4.78 is 10.7. The molecule has 0 saturated carbocycles. The number of hydrogen-bond acceptors (Lipinski definition) is 6. The van der Waals surface area contributed by atoms with Gasteiger partial charge in [-0.2, -0.15) is 0 Å². The highest BCUT2D eigenvalue weighted by Gasteiger charge is 2.36. The van der Waals surface area contributed by atoms with Crippen molar-refractivity contribution in [3.63, 3.8) is 0 Å². The molecule has 3 rings (SSSR count). The predicted molar refractivity (Wildman–Crippen MR) is 110 cm³/mol. The molecule has 140 valence electrons. The fourth-order valence-electron chi connectivity index (χ4n) is 2.93. The van der Waals surface area contributed by atoms with E-state index in [0.717, 1.165) is 17.7 Å². The fourth-order valence-corrected chi connectivity index (χ4v) is 4.95. The van der Waals surface area contributed by atoms with E-state index < -0.39 is 12.1 Å². The monoisotopic (exact) mass is 400 g/mol. The van der Waals surface area contributed by atoms with Crippen molar-refractivity contribution in [2.24, 2.45) is 0 Å². The molecule has 0 aromatic heterocycles. The Balaban J connectivity index is 1.73. The zero-order valence-corrected chi connectivity index (χ0v) is 16.7. The highest BCUT2D eigenvalue weighted by Crippen LogP contribution is 2.52. The second-order valence-electron chi connectivity index (χ2n) is 5.92. The maximum Gasteiger partial charge on any atom is 0.352 e. The number of aliphatic hydroxyl groups is 1. The van der Waals surface area contributed by atoms with Crippen LogP contribution in [0, 0.1) is 12.0 Å². The second-order valence-corrected chi connectivity index (χ2v) is 8.39. The quantitative estimate of drug-likeness (QED) is 0.472. The number of hydrogen-bond donors (Lipinski definition) is 1. The number of thioether (sulfide) groups is 2. The molecular weight excluding hydrogens is 380 g/mol. The van der Waals surface area contributed by atoms with Gasteiger partial charge in [-0.15, -0.1) is 23.5 Å². The number of carbonyl (C=O) groups is 1. The van der Waals surface area contributed by atoms with Crippen LogP contribution in [-0.2, 0) is 8.82 Å². The summed E-state index contributed by atoms with van der Waals surface area (Å²) in [5, 5.41) is 10.3. The Morgan fingerprint density at radius 1 is 1.22 bits per heavy atom. The highest BCUT2D eigenvalue weighted by molar-refractivity contribution is 8.16. The minimum atomic E-state index is -1.07. The SMILES string of the molecule is CSC1(SC)CCOc2cc(C(O)C#COC(=O)c3ccccc3)ccc21. The lowest BCUT2D eigenvalue weighted by Crippen LogP contribution is -2.26. The number of esters is 1. The van der Waals surface area contributed by atoms with Gasteiger partial charge < -0.3 is 14.6 Å².